The van der Waals surface area contributed by atoms with Crippen molar-refractivity contribution in [2.75, 3.05) is 13.2 Å². The van der Waals surface area contributed by atoms with Gasteiger partial charge in [0.15, 0.2) is 0 Å². The van der Waals surface area contributed by atoms with Crippen molar-refractivity contribution >= 4 is 5.97 Å². The average molecular weight is 224 g/mol. The molecule has 2 N–H and O–H groups in total. The van der Waals surface area contributed by atoms with Crippen LogP contribution in [0, 0.1) is 0 Å². The second-order valence-corrected chi connectivity index (χ2v) is 3.77. The van der Waals surface area contributed by atoms with Crippen molar-refractivity contribution < 1.29 is 9.53 Å². The first-order valence-corrected chi connectivity index (χ1v) is 5.64. The summed E-state index contributed by atoms with van der Waals surface area (Å²) in [4.78, 5) is 15.5. The number of hydrogen-bond acceptors (Lipinski definition) is 5. The zero-order valence-electron chi connectivity index (χ0n) is 9.32. The van der Waals surface area contributed by atoms with Crippen LogP contribution in [0.2, 0.25) is 0 Å². The van der Waals surface area contributed by atoms with Gasteiger partial charge in [-0.1, -0.05) is 6.42 Å². The van der Waals surface area contributed by atoms with E-state index in [0.29, 0.717) is 6.61 Å². The zero-order chi connectivity index (χ0) is 11.4. The van der Waals surface area contributed by atoms with Gasteiger partial charge in [-0.3, -0.25) is 5.10 Å². The lowest BCUT2D eigenvalue weighted by Gasteiger charge is -2.20. The Morgan fingerprint density at radius 2 is 2.44 bits per heavy atom. The quantitative estimate of drug-likeness (QED) is 0.742. The molecule has 0 amide bonds. The molecule has 6 heteroatoms. The first-order chi connectivity index (χ1) is 7.81. The van der Waals surface area contributed by atoms with E-state index in [4.69, 9.17) is 4.74 Å². The summed E-state index contributed by atoms with van der Waals surface area (Å²) in [6.45, 7) is 3.08. The number of aromatic amines is 1. The van der Waals surface area contributed by atoms with Crippen LogP contribution in [0.1, 0.15) is 48.7 Å². The Kier molecular flexibility index (Phi) is 3.51. The molecule has 0 aliphatic carbocycles. The van der Waals surface area contributed by atoms with Gasteiger partial charge in [0.2, 0.25) is 0 Å². The largest absolute Gasteiger partial charge is 0.460 e. The average Bonchev–Trinajstić information content (AvgIpc) is 2.80. The molecule has 0 spiro atoms. The maximum Gasteiger partial charge on any atom is 0.378 e. The van der Waals surface area contributed by atoms with Gasteiger partial charge in [-0.05, 0) is 26.3 Å². The molecule has 88 valence electrons. The van der Waals surface area contributed by atoms with Gasteiger partial charge in [0, 0.05) is 0 Å². The van der Waals surface area contributed by atoms with Crippen molar-refractivity contribution in [3.63, 3.8) is 0 Å². The maximum atomic E-state index is 11.4. The van der Waals surface area contributed by atoms with Crippen LogP contribution in [0.5, 0.6) is 0 Å². The number of carbonyl (C=O) groups excluding carboxylic acids is 1. The number of nitrogens with one attached hydrogen (secondary N) is 2. The third-order valence-electron chi connectivity index (χ3n) is 2.60. The van der Waals surface area contributed by atoms with Crippen molar-refractivity contribution in [2.45, 2.75) is 32.2 Å². The minimum Gasteiger partial charge on any atom is -0.460 e. The summed E-state index contributed by atoms with van der Waals surface area (Å²) >= 11 is 0. The first-order valence-electron chi connectivity index (χ1n) is 5.64. The molecule has 1 saturated heterocycles. The normalized spacial score (nSPS) is 20.7. The Hall–Kier alpha value is -1.43. The van der Waals surface area contributed by atoms with Crippen LogP contribution in [-0.4, -0.2) is 34.3 Å². The Balaban J connectivity index is 2.03. The number of nitrogens with zero attached hydrogens (tertiary/aromatic N) is 2. The van der Waals surface area contributed by atoms with Gasteiger partial charge in [-0.15, -0.1) is 5.10 Å². The first kappa shape index (κ1) is 11.1. The number of piperidine rings is 1. The molecular weight excluding hydrogens is 208 g/mol. The predicted molar refractivity (Wildman–Crippen MR) is 56.9 cm³/mol. The minimum absolute atomic E-state index is 0.115. The molecule has 1 aromatic rings. The number of rotatable bonds is 3. The summed E-state index contributed by atoms with van der Waals surface area (Å²) in [5.74, 6) is 0.368. The molecule has 16 heavy (non-hydrogen) atoms. The lowest BCUT2D eigenvalue weighted by atomic mass is 10.0. The van der Waals surface area contributed by atoms with Crippen LogP contribution in [-0.2, 0) is 4.74 Å². The van der Waals surface area contributed by atoms with Crippen LogP contribution in [0.15, 0.2) is 0 Å². The highest BCUT2D eigenvalue weighted by Gasteiger charge is 2.20. The fourth-order valence-electron chi connectivity index (χ4n) is 1.80. The molecule has 1 unspecified atom stereocenters. The Bertz CT molecular complexity index is 357. The SMILES string of the molecule is CCOC(=O)c1n[nH]c(C2CCCCN2)n1. The van der Waals surface area contributed by atoms with E-state index in [1.807, 2.05) is 0 Å². The second-order valence-electron chi connectivity index (χ2n) is 3.77. The number of H-pyrrole nitrogens is 1. The summed E-state index contributed by atoms with van der Waals surface area (Å²) in [6, 6.07) is 0.185. The molecule has 1 fully saturated rings. The molecule has 1 aliphatic rings. The van der Waals surface area contributed by atoms with Crippen LogP contribution in [0.4, 0.5) is 0 Å². The third-order valence-corrected chi connectivity index (χ3v) is 2.60. The monoisotopic (exact) mass is 224 g/mol. The van der Waals surface area contributed by atoms with Crippen molar-refractivity contribution in [3.8, 4) is 0 Å². The lowest BCUT2D eigenvalue weighted by molar-refractivity contribution is 0.0512. The van der Waals surface area contributed by atoms with Gasteiger partial charge in [-0.2, -0.15) is 0 Å². The van der Waals surface area contributed by atoms with E-state index in [9.17, 15) is 4.79 Å². The van der Waals surface area contributed by atoms with E-state index in [1.165, 1.54) is 12.8 Å². The standard InChI is InChI=1S/C10H16N4O2/c1-2-16-10(15)9-12-8(13-14-9)7-5-3-4-6-11-7/h7,11H,2-6H2,1H3,(H,12,13,14). The van der Waals surface area contributed by atoms with Crippen molar-refractivity contribution in [2.24, 2.45) is 0 Å². The third kappa shape index (κ3) is 2.38. The molecule has 2 rings (SSSR count). The predicted octanol–water partition coefficient (Wildman–Crippen LogP) is 0.796. The van der Waals surface area contributed by atoms with Gasteiger partial charge in [0.1, 0.15) is 5.82 Å². The molecular formula is C10H16N4O2. The highest BCUT2D eigenvalue weighted by atomic mass is 16.5. The van der Waals surface area contributed by atoms with Gasteiger partial charge in [0.05, 0.1) is 12.6 Å². The topological polar surface area (TPSA) is 79.9 Å². The van der Waals surface area contributed by atoms with Crippen LogP contribution < -0.4 is 5.32 Å². The fourth-order valence-corrected chi connectivity index (χ4v) is 1.80. The van der Waals surface area contributed by atoms with Crippen molar-refractivity contribution in [1.29, 1.82) is 0 Å². The molecule has 0 bridgehead atoms. The highest BCUT2D eigenvalue weighted by molar-refractivity contribution is 5.84. The fraction of sp³-hybridized carbons (Fsp3) is 0.700. The molecule has 1 aromatic heterocycles. The molecule has 0 saturated carbocycles. The van der Waals surface area contributed by atoms with Crippen LogP contribution in [0.3, 0.4) is 0 Å². The summed E-state index contributed by atoms with van der Waals surface area (Å²) in [7, 11) is 0. The second kappa shape index (κ2) is 5.07. The van der Waals surface area contributed by atoms with E-state index in [0.717, 1.165) is 18.8 Å². The molecule has 0 radical (unpaired) electrons. The molecule has 6 nitrogen and oxygen atoms in total. The summed E-state index contributed by atoms with van der Waals surface area (Å²) < 4.78 is 4.82. The van der Waals surface area contributed by atoms with E-state index in [-0.39, 0.29) is 11.9 Å². The number of hydrogen-bond donors (Lipinski definition) is 2. The van der Waals surface area contributed by atoms with Gasteiger partial charge in [0.25, 0.3) is 5.82 Å². The summed E-state index contributed by atoms with van der Waals surface area (Å²) in [5.41, 5.74) is 0. The molecule has 2 heterocycles. The van der Waals surface area contributed by atoms with Crippen molar-refractivity contribution in [3.05, 3.63) is 11.6 Å². The zero-order valence-corrected chi connectivity index (χ0v) is 9.32. The van der Waals surface area contributed by atoms with Crippen LogP contribution >= 0.6 is 0 Å². The van der Waals surface area contributed by atoms with E-state index >= 15 is 0 Å². The van der Waals surface area contributed by atoms with E-state index in [1.54, 1.807) is 6.92 Å². The number of ether oxygens (including phenoxy) is 1. The van der Waals surface area contributed by atoms with Crippen molar-refractivity contribution in [1.82, 2.24) is 20.5 Å². The van der Waals surface area contributed by atoms with Gasteiger partial charge < -0.3 is 10.1 Å². The maximum absolute atomic E-state index is 11.4. The highest BCUT2D eigenvalue weighted by Crippen LogP contribution is 2.19. The summed E-state index contributed by atoms with van der Waals surface area (Å²) in [6.07, 6.45) is 3.39. The Morgan fingerprint density at radius 3 is 3.12 bits per heavy atom. The molecule has 1 aliphatic heterocycles. The van der Waals surface area contributed by atoms with Gasteiger partial charge in [-0.25, -0.2) is 9.78 Å². The lowest BCUT2D eigenvalue weighted by Crippen LogP contribution is -2.27. The number of aromatic nitrogens is 3. The molecule has 0 aromatic carbocycles. The number of esters is 1. The van der Waals surface area contributed by atoms with E-state index < -0.39 is 5.97 Å². The number of carbonyl (C=O) groups is 1. The van der Waals surface area contributed by atoms with Gasteiger partial charge >= 0.3 is 5.97 Å². The Labute approximate surface area is 93.8 Å². The van der Waals surface area contributed by atoms with Crippen LogP contribution in [0.25, 0.3) is 0 Å². The smallest absolute Gasteiger partial charge is 0.378 e. The Morgan fingerprint density at radius 1 is 1.56 bits per heavy atom. The summed E-state index contributed by atoms with van der Waals surface area (Å²) in [5, 5.41) is 9.98. The molecule has 1 atom stereocenters. The minimum atomic E-state index is -0.471. The van der Waals surface area contributed by atoms with E-state index in [2.05, 4.69) is 20.5 Å².